The highest BCUT2D eigenvalue weighted by atomic mass is 16.5. The number of morpholine rings is 3. The Bertz CT molecular complexity index is 417. The van der Waals surface area contributed by atoms with Crippen LogP contribution in [0, 0.1) is 0 Å². The smallest absolute Gasteiger partial charge is 0.224 e. The normalized spacial score (nSPS) is 21.7. The van der Waals surface area contributed by atoms with Crippen LogP contribution in [0.25, 0.3) is 0 Å². The van der Waals surface area contributed by atoms with E-state index < -0.39 is 0 Å². The molecule has 26 heavy (non-hydrogen) atoms. The quantitative estimate of drug-likeness (QED) is 0.683. The third-order valence-corrected chi connectivity index (χ3v) is 4.78. The van der Waals surface area contributed by atoms with E-state index in [0.29, 0.717) is 39.3 Å². The van der Waals surface area contributed by atoms with E-state index >= 15 is 0 Å². The lowest BCUT2D eigenvalue weighted by atomic mass is 10.3. The number of rotatable bonds is 4. The third-order valence-electron chi connectivity index (χ3n) is 4.78. The zero-order chi connectivity index (χ0) is 18.6. The molecule has 2 amide bonds. The monoisotopic (exact) mass is 371 g/mol. The Balaban J connectivity index is 0.000000209. The molecule has 0 radical (unpaired) electrons. The first-order valence-corrected chi connectivity index (χ1v) is 9.72. The van der Waals surface area contributed by atoms with Crippen LogP contribution in [-0.4, -0.2) is 112 Å². The Morgan fingerprint density at radius 1 is 0.692 bits per heavy atom. The fourth-order valence-corrected chi connectivity index (χ4v) is 3.09. The molecule has 3 aliphatic heterocycles. The van der Waals surface area contributed by atoms with Gasteiger partial charge in [0, 0.05) is 58.7 Å². The highest BCUT2D eigenvalue weighted by Crippen LogP contribution is 2.03. The SMILES string of the molecule is CCC(=O)N1CCOCC1.O=C(CCN1CCOCC1)N1CCOCC1. The van der Waals surface area contributed by atoms with Gasteiger partial charge in [0.05, 0.1) is 39.6 Å². The first kappa shape index (κ1) is 21.1. The van der Waals surface area contributed by atoms with Crippen LogP contribution in [0.3, 0.4) is 0 Å². The lowest BCUT2D eigenvalue weighted by Crippen LogP contribution is -2.43. The van der Waals surface area contributed by atoms with E-state index in [9.17, 15) is 9.59 Å². The summed E-state index contributed by atoms with van der Waals surface area (Å²) in [6, 6.07) is 0. The van der Waals surface area contributed by atoms with Gasteiger partial charge in [-0.1, -0.05) is 6.92 Å². The Morgan fingerprint density at radius 2 is 1.12 bits per heavy atom. The van der Waals surface area contributed by atoms with E-state index in [1.807, 2.05) is 16.7 Å². The fourth-order valence-electron chi connectivity index (χ4n) is 3.09. The molecule has 3 heterocycles. The number of carbonyl (C=O) groups is 2. The van der Waals surface area contributed by atoms with Crippen LogP contribution >= 0.6 is 0 Å². The summed E-state index contributed by atoms with van der Waals surface area (Å²) in [4.78, 5) is 28.9. The van der Waals surface area contributed by atoms with Crippen LogP contribution < -0.4 is 0 Å². The lowest BCUT2D eigenvalue weighted by Gasteiger charge is -2.29. The van der Waals surface area contributed by atoms with Gasteiger partial charge in [-0.05, 0) is 0 Å². The Morgan fingerprint density at radius 3 is 1.58 bits per heavy atom. The molecule has 8 heteroatoms. The van der Waals surface area contributed by atoms with Gasteiger partial charge in [-0.2, -0.15) is 0 Å². The first-order valence-electron chi connectivity index (χ1n) is 9.72. The Hall–Kier alpha value is -1.22. The zero-order valence-corrected chi connectivity index (χ0v) is 16.0. The Kier molecular flexibility index (Phi) is 9.91. The van der Waals surface area contributed by atoms with Gasteiger partial charge >= 0.3 is 0 Å². The molecule has 0 atom stereocenters. The van der Waals surface area contributed by atoms with E-state index in [0.717, 1.165) is 59.0 Å². The summed E-state index contributed by atoms with van der Waals surface area (Å²) in [6.45, 7) is 12.1. The maximum Gasteiger partial charge on any atom is 0.224 e. The maximum atomic E-state index is 11.9. The molecular formula is C18H33N3O5. The second-order valence-electron chi connectivity index (χ2n) is 6.54. The maximum absolute atomic E-state index is 11.9. The summed E-state index contributed by atoms with van der Waals surface area (Å²) < 4.78 is 15.6. The van der Waals surface area contributed by atoms with E-state index in [-0.39, 0.29) is 11.8 Å². The van der Waals surface area contributed by atoms with Crippen LogP contribution in [0.4, 0.5) is 0 Å². The van der Waals surface area contributed by atoms with Crippen molar-refractivity contribution >= 4 is 11.8 Å². The molecule has 8 nitrogen and oxygen atoms in total. The average Bonchev–Trinajstić information content (AvgIpc) is 2.74. The van der Waals surface area contributed by atoms with E-state index in [1.165, 1.54) is 0 Å². The molecule has 0 N–H and O–H groups in total. The topological polar surface area (TPSA) is 71.5 Å². The van der Waals surface area contributed by atoms with Crippen LogP contribution in [0.1, 0.15) is 19.8 Å². The number of amides is 2. The molecule has 3 aliphatic rings. The van der Waals surface area contributed by atoms with Crippen molar-refractivity contribution < 1.29 is 23.8 Å². The average molecular weight is 371 g/mol. The highest BCUT2D eigenvalue weighted by Gasteiger charge is 2.18. The highest BCUT2D eigenvalue weighted by molar-refractivity contribution is 5.76. The van der Waals surface area contributed by atoms with Crippen LogP contribution in [0.5, 0.6) is 0 Å². The van der Waals surface area contributed by atoms with Gasteiger partial charge in [0.1, 0.15) is 0 Å². The van der Waals surface area contributed by atoms with Gasteiger partial charge in [-0.25, -0.2) is 0 Å². The first-order chi connectivity index (χ1) is 12.7. The summed E-state index contributed by atoms with van der Waals surface area (Å²) in [5, 5.41) is 0. The summed E-state index contributed by atoms with van der Waals surface area (Å²) in [6.07, 6.45) is 1.24. The van der Waals surface area contributed by atoms with Crippen molar-refractivity contribution in [3.63, 3.8) is 0 Å². The van der Waals surface area contributed by atoms with Crippen molar-refractivity contribution in [2.75, 3.05) is 85.5 Å². The number of nitrogens with zero attached hydrogens (tertiary/aromatic N) is 3. The fraction of sp³-hybridized carbons (Fsp3) is 0.889. The van der Waals surface area contributed by atoms with Crippen molar-refractivity contribution in [2.24, 2.45) is 0 Å². The van der Waals surface area contributed by atoms with E-state index in [2.05, 4.69) is 4.90 Å². The third kappa shape index (κ3) is 7.57. The van der Waals surface area contributed by atoms with Gasteiger partial charge in [0.2, 0.25) is 11.8 Å². The Labute approximate surface area is 156 Å². The van der Waals surface area contributed by atoms with E-state index in [4.69, 9.17) is 14.2 Å². The van der Waals surface area contributed by atoms with E-state index in [1.54, 1.807) is 0 Å². The van der Waals surface area contributed by atoms with Crippen molar-refractivity contribution in [2.45, 2.75) is 19.8 Å². The molecule has 0 saturated carbocycles. The summed E-state index contributed by atoms with van der Waals surface area (Å²) in [5.41, 5.74) is 0. The van der Waals surface area contributed by atoms with Crippen LogP contribution in [0.15, 0.2) is 0 Å². The van der Waals surface area contributed by atoms with Crippen molar-refractivity contribution in [1.82, 2.24) is 14.7 Å². The number of hydrogen-bond donors (Lipinski definition) is 0. The lowest BCUT2D eigenvalue weighted by molar-refractivity contribution is -0.136. The number of hydrogen-bond acceptors (Lipinski definition) is 6. The zero-order valence-electron chi connectivity index (χ0n) is 16.0. The molecule has 0 aromatic rings. The summed E-state index contributed by atoms with van der Waals surface area (Å²) in [7, 11) is 0. The molecule has 0 aromatic carbocycles. The van der Waals surface area contributed by atoms with Crippen molar-refractivity contribution in [3.05, 3.63) is 0 Å². The molecule has 0 spiro atoms. The van der Waals surface area contributed by atoms with Gasteiger partial charge < -0.3 is 24.0 Å². The second kappa shape index (κ2) is 12.2. The molecule has 3 rings (SSSR count). The van der Waals surface area contributed by atoms with Crippen molar-refractivity contribution in [3.8, 4) is 0 Å². The molecule has 0 aromatic heterocycles. The molecule has 0 unspecified atom stereocenters. The molecule has 150 valence electrons. The van der Waals surface area contributed by atoms with Crippen LogP contribution in [-0.2, 0) is 23.8 Å². The minimum absolute atomic E-state index is 0.239. The minimum Gasteiger partial charge on any atom is -0.379 e. The molecule has 3 saturated heterocycles. The van der Waals surface area contributed by atoms with Crippen molar-refractivity contribution in [1.29, 1.82) is 0 Å². The van der Waals surface area contributed by atoms with Gasteiger partial charge in [0.15, 0.2) is 0 Å². The molecular weight excluding hydrogens is 338 g/mol. The predicted octanol–water partition coefficient (Wildman–Crippen LogP) is -0.177. The van der Waals surface area contributed by atoms with Gasteiger partial charge in [0.25, 0.3) is 0 Å². The van der Waals surface area contributed by atoms with Gasteiger partial charge in [-0.3, -0.25) is 14.5 Å². The second-order valence-corrected chi connectivity index (χ2v) is 6.54. The number of carbonyl (C=O) groups excluding carboxylic acids is 2. The predicted molar refractivity (Wildman–Crippen MR) is 97.0 cm³/mol. The van der Waals surface area contributed by atoms with Gasteiger partial charge in [-0.15, -0.1) is 0 Å². The van der Waals surface area contributed by atoms with Crippen LogP contribution in [0.2, 0.25) is 0 Å². The molecule has 0 aliphatic carbocycles. The minimum atomic E-state index is 0.239. The summed E-state index contributed by atoms with van der Waals surface area (Å²) in [5.74, 6) is 0.498. The molecule has 0 bridgehead atoms. The largest absolute Gasteiger partial charge is 0.379 e. The number of ether oxygens (including phenoxy) is 3. The standard InChI is InChI=1S/C11H20N2O3.C7H13NO2/c14-11(13-5-9-16-10-6-13)1-2-12-3-7-15-8-4-12;1-2-7(9)8-3-5-10-6-4-8/h1-10H2;2-6H2,1H3. The summed E-state index contributed by atoms with van der Waals surface area (Å²) >= 11 is 0. The molecule has 3 fully saturated rings.